The van der Waals surface area contributed by atoms with Crippen LogP contribution in [0.1, 0.15) is 35.1 Å². The van der Waals surface area contributed by atoms with Crippen molar-refractivity contribution in [3.05, 3.63) is 101 Å². The fraction of sp³-hybridized carbons (Fsp3) is 0.240. The largest absolute Gasteiger partial charge is 0.461 e. The number of carbonyl (C=O) groups excluding carboxylic acids is 1. The first-order valence-electron chi connectivity index (χ1n) is 10.2. The summed E-state index contributed by atoms with van der Waals surface area (Å²) in [5.74, 6) is -0.265. The van der Waals surface area contributed by atoms with E-state index in [9.17, 15) is 17.8 Å². The van der Waals surface area contributed by atoms with Crippen LogP contribution in [0.2, 0.25) is 0 Å². The number of cyclic esters (lactones) is 1. The van der Waals surface area contributed by atoms with Gasteiger partial charge < -0.3 is 4.74 Å². The fourth-order valence-electron chi connectivity index (χ4n) is 4.49. The quantitative estimate of drug-likeness (QED) is 0.455. The summed E-state index contributed by atoms with van der Waals surface area (Å²) in [4.78, 5) is 13.2. The second-order valence-electron chi connectivity index (χ2n) is 7.92. The van der Waals surface area contributed by atoms with Gasteiger partial charge in [-0.25, -0.2) is 0 Å². The first kappa shape index (κ1) is 21.3. The van der Waals surface area contributed by atoms with Gasteiger partial charge in [-0.3, -0.25) is 9.35 Å². The van der Waals surface area contributed by atoms with E-state index in [4.69, 9.17) is 4.74 Å². The van der Waals surface area contributed by atoms with Gasteiger partial charge in [-0.15, -0.1) is 0 Å². The lowest BCUT2D eigenvalue weighted by Crippen LogP contribution is -2.33. The lowest BCUT2D eigenvalue weighted by molar-refractivity contribution is -0.144. The van der Waals surface area contributed by atoms with Crippen LogP contribution in [-0.2, 0) is 31.5 Å². The Morgan fingerprint density at radius 2 is 1.52 bits per heavy atom. The maximum Gasteiger partial charge on any atom is 0.321 e. The maximum atomic E-state index is 13.2. The summed E-state index contributed by atoms with van der Waals surface area (Å²) < 4.78 is 38.5. The van der Waals surface area contributed by atoms with Crippen LogP contribution in [0.15, 0.2) is 83.8 Å². The van der Waals surface area contributed by atoms with Crippen LogP contribution in [-0.4, -0.2) is 25.0 Å². The molecule has 1 aliphatic rings. The first-order chi connectivity index (χ1) is 14.8. The number of carbonyl (C=O) groups is 1. The van der Waals surface area contributed by atoms with Crippen LogP contribution in [0, 0.1) is 6.92 Å². The smallest absolute Gasteiger partial charge is 0.321 e. The molecule has 0 aromatic heterocycles. The van der Waals surface area contributed by atoms with E-state index < -0.39 is 15.5 Å². The van der Waals surface area contributed by atoms with Crippen molar-refractivity contribution in [3.8, 4) is 0 Å². The molecule has 5 nitrogen and oxygen atoms in total. The molecule has 1 aliphatic heterocycles. The Labute approximate surface area is 182 Å². The molecule has 6 heteroatoms. The van der Waals surface area contributed by atoms with Gasteiger partial charge in [0.15, 0.2) is 0 Å². The summed E-state index contributed by atoms with van der Waals surface area (Å²) in [6.07, 6.45) is 1.30. The number of benzene rings is 3. The minimum Gasteiger partial charge on any atom is -0.461 e. The number of ether oxygens (including phenoxy) is 1. The van der Waals surface area contributed by atoms with Crippen molar-refractivity contribution >= 4 is 16.1 Å². The van der Waals surface area contributed by atoms with Crippen molar-refractivity contribution in [2.45, 2.75) is 42.6 Å². The van der Waals surface area contributed by atoms with Crippen LogP contribution in [0.3, 0.4) is 0 Å². The van der Waals surface area contributed by atoms with Crippen LogP contribution in [0.5, 0.6) is 0 Å². The highest BCUT2D eigenvalue weighted by atomic mass is 32.2. The molecule has 1 unspecified atom stereocenters. The van der Waals surface area contributed by atoms with E-state index in [0.717, 1.165) is 16.7 Å². The molecule has 0 radical (unpaired) electrons. The van der Waals surface area contributed by atoms with Crippen molar-refractivity contribution in [2.75, 3.05) is 0 Å². The van der Waals surface area contributed by atoms with Crippen molar-refractivity contribution in [1.82, 2.24) is 0 Å². The molecule has 3 aromatic carbocycles. The van der Waals surface area contributed by atoms with Gasteiger partial charge in [-0.1, -0.05) is 72.8 Å². The molecule has 1 heterocycles. The number of aryl methyl sites for hydroxylation is 1. The minimum atomic E-state index is -4.28. The molecule has 31 heavy (non-hydrogen) atoms. The van der Waals surface area contributed by atoms with E-state index in [1.54, 1.807) is 13.0 Å². The number of hydrogen-bond donors (Lipinski definition) is 1. The topological polar surface area (TPSA) is 80.7 Å². The molecule has 1 N–H and O–H groups in total. The third-order valence-electron chi connectivity index (χ3n) is 6.10. The van der Waals surface area contributed by atoms with Crippen LogP contribution >= 0.6 is 0 Å². The highest BCUT2D eigenvalue weighted by molar-refractivity contribution is 7.85. The minimum absolute atomic E-state index is 0.0867. The van der Waals surface area contributed by atoms with Crippen molar-refractivity contribution in [2.24, 2.45) is 0 Å². The zero-order valence-electron chi connectivity index (χ0n) is 17.2. The highest BCUT2D eigenvalue weighted by Crippen LogP contribution is 2.44. The van der Waals surface area contributed by atoms with Gasteiger partial charge in [-0.05, 0) is 48.1 Å². The van der Waals surface area contributed by atoms with Crippen LogP contribution < -0.4 is 0 Å². The lowest BCUT2D eigenvalue weighted by Gasteiger charge is -2.26. The van der Waals surface area contributed by atoms with Crippen LogP contribution in [0.25, 0.3) is 0 Å². The van der Waals surface area contributed by atoms with E-state index in [2.05, 4.69) is 0 Å². The standard InChI is InChI=1S/C25H24O5S/c1-18-19(9-8-14-23(18)31(27,28)29)15-16-22-17-25(24(26)30-22,20-10-4-2-5-11-20)21-12-6-3-7-13-21/h2-14,22H,15-17H2,1H3,(H,27,28,29). The molecular formula is C25H24O5S. The third-order valence-corrected chi connectivity index (χ3v) is 7.10. The summed E-state index contributed by atoms with van der Waals surface area (Å²) in [6.45, 7) is 1.68. The molecule has 1 atom stereocenters. The van der Waals surface area contributed by atoms with Crippen molar-refractivity contribution in [1.29, 1.82) is 0 Å². The SMILES string of the molecule is Cc1c(CCC2CC(c3ccccc3)(c3ccccc3)C(=O)O2)cccc1S(=O)(=O)O. The Morgan fingerprint density at radius 3 is 2.06 bits per heavy atom. The summed E-state index contributed by atoms with van der Waals surface area (Å²) in [7, 11) is -4.28. The second-order valence-corrected chi connectivity index (χ2v) is 9.31. The zero-order chi connectivity index (χ0) is 22.1. The maximum absolute atomic E-state index is 13.2. The van der Waals surface area contributed by atoms with E-state index in [-0.39, 0.29) is 17.0 Å². The summed E-state index contributed by atoms with van der Waals surface area (Å²) in [6, 6.07) is 24.2. The van der Waals surface area contributed by atoms with Gasteiger partial charge in [0.05, 0.1) is 4.90 Å². The molecule has 0 bridgehead atoms. The first-order valence-corrected chi connectivity index (χ1v) is 11.6. The van der Waals surface area contributed by atoms with Gasteiger partial charge in [-0.2, -0.15) is 8.42 Å². The Balaban J connectivity index is 1.62. The number of hydrogen-bond acceptors (Lipinski definition) is 4. The molecule has 3 aromatic rings. The molecule has 160 valence electrons. The van der Waals surface area contributed by atoms with E-state index in [1.807, 2.05) is 66.7 Å². The van der Waals surface area contributed by atoms with Gasteiger partial charge in [0.2, 0.25) is 0 Å². The van der Waals surface area contributed by atoms with Crippen LogP contribution in [0.4, 0.5) is 0 Å². The molecule has 0 amide bonds. The highest BCUT2D eigenvalue weighted by Gasteiger charge is 2.51. The summed E-state index contributed by atoms with van der Waals surface area (Å²) in [5.41, 5.74) is 2.27. The van der Waals surface area contributed by atoms with E-state index >= 15 is 0 Å². The van der Waals surface area contributed by atoms with Crippen molar-refractivity contribution in [3.63, 3.8) is 0 Å². The van der Waals surface area contributed by atoms with Gasteiger partial charge in [0.25, 0.3) is 10.1 Å². The van der Waals surface area contributed by atoms with Gasteiger partial charge in [0, 0.05) is 6.42 Å². The van der Waals surface area contributed by atoms with Crippen molar-refractivity contribution < 1.29 is 22.5 Å². The number of esters is 1. The summed E-state index contributed by atoms with van der Waals surface area (Å²) >= 11 is 0. The monoisotopic (exact) mass is 436 g/mol. The predicted molar refractivity (Wildman–Crippen MR) is 117 cm³/mol. The molecule has 0 saturated carbocycles. The Morgan fingerprint density at radius 1 is 0.935 bits per heavy atom. The normalized spacial score (nSPS) is 18.0. The van der Waals surface area contributed by atoms with Gasteiger partial charge in [0.1, 0.15) is 11.5 Å². The zero-order valence-corrected chi connectivity index (χ0v) is 18.0. The molecule has 0 spiro atoms. The fourth-order valence-corrected chi connectivity index (χ4v) is 5.26. The Bertz CT molecular complexity index is 1150. The Kier molecular flexibility index (Phi) is 5.69. The number of rotatable bonds is 6. The van der Waals surface area contributed by atoms with E-state index in [0.29, 0.717) is 24.8 Å². The molecule has 1 saturated heterocycles. The summed E-state index contributed by atoms with van der Waals surface area (Å²) in [5, 5.41) is 0. The average Bonchev–Trinajstić information content (AvgIpc) is 3.10. The third kappa shape index (κ3) is 4.01. The molecule has 4 rings (SSSR count). The molecular weight excluding hydrogens is 412 g/mol. The predicted octanol–water partition coefficient (Wildman–Crippen LogP) is 4.48. The van der Waals surface area contributed by atoms with Gasteiger partial charge >= 0.3 is 5.97 Å². The average molecular weight is 437 g/mol. The van der Waals surface area contributed by atoms with E-state index in [1.165, 1.54) is 6.07 Å². The molecule has 0 aliphatic carbocycles. The molecule has 1 fully saturated rings. The second kappa shape index (κ2) is 8.29. The Hall–Kier alpha value is -2.96. The lowest BCUT2D eigenvalue weighted by atomic mass is 9.72.